The Bertz CT molecular complexity index is 609. The van der Waals surface area contributed by atoms with E-state index in [2.05, 4.69) is 10.6 Å². The first kappa shape index (κ1) is 15.9. The topological polar surface area (TPSA) is 50.4 Å². The van der Waals surface area contributed by atoms with Crippen molar-refractivity contribution in [1.82, 2.24) is 0 Å². The normalized spacial score (nSPS) is 10.1. The Kier molecular flexibility index (Phi) is 5.83. The van der Waals surface area contributed by atoms with Crippen molar-refractivity contribution in [3.63, 3.8) is 0 Å². The van der Waals surface area contributed by atoms with E-state index in [1.807, 2.05) is 62.4 Å². The first-order valence-corrected chi connectivity index (χ1v) is 7.51. The molecule has 0 radical (unpaired) electrons. The highest BCUT2D eigenvalue weighted by molar-refractivity contribution is 5.92. The molecule has 2 N–H and O–H groups in total. The Hall–Kier alpha value is -2.49. The molecule has 0 aliphatic heterocycles. The van der Waals surface area contributed by atoms with Gasteiger partial charge in [0.05, 0.1) is 12.3 Å². The lowest BCUT2D eigenvalue weighted by Gasteiger charge is -2.11. The van der Waals surface area contributed by atoms with Crippen molar-refractivity contribution in [1.29, 1.82) is 0 Å². The van der Waals surface area contributed by atoms with Crippen molar-refractivity contribution < 1.29 is 9.53 Å². The summed E-state index contributed by atoms with van der Waals surface area (Å²) in [5, 5.41) is 6.12. The van der Waals surface area contributed by atoms with Crippen molar-refractivity contribution in [2.75, 3.05) is 23.8 Å². The highest BCUT2D eigenvalue weighted by Gasteiger charge is 2.06. The van der Waals surface area contributed by atoms with Crippen LogP contribution >= 0.6 is 0 Å². The van der Waals surface area contributed by atoms with Gasteiger partial charge in [0.1, 0.15) is 5.75 Å². The van der Waals surface area contributed by atoms with Gasteiger partial charge >= 0.3 is 0 Å². The smallest absolute Gasteiger partial charge is 0.226 e. The molecule has 2 aromatic rings. The lowest BCUT2D eigenvalue weighted by Crippen LogP contribution is -2.16. The molecule has 0 bridgehead atoms. The van der Waals surface area contributed by atoms with Crippen LogP contribution in [0.25, 0.3) is 0 Å². The van der Waals surface area contributed by atoms with Crippen molar-refractivity contribution >= 4 is 17.3 Å². The molecular formula is C18H22N2O2. The molecule has 116 valence electrons. The summed E-state index contributed by atoms with van der Waals surface area (Å²) in [7, 11) is 0. The minimum Gasteiger partial charge on any atom is -0.492 e. The molecule has 0 fully saturated rings. The van der Waals surface area contributed by atoms with Crippen LogP contribution < -0.4 is 15.4 Å². The summed E-state index contributed by atoms with van der Waals surface area (Å²) >= 11 is 0. The Balaban J connectivity index is 1.82. The minimum atomic E-state index is -0.0354. The third-order valence-electron chi connectivity index (χ3n) is 3.19. The molecule has 0 spiro atoms. The monoisotopic (exact) mass is 298 g/mol. The summed E-state index contributed by atoms with van der Waals surface area (Å²) in [6, 6.07) is 15.6. The Labute approximate surface area is 131 Å². The van der Waals surface area contributed by atoms with E-state index in [1.165, 1.54) is 5.56 Å². The van der Waals surface area contributed by atoms with Gasteiger partial charge in [-0.1, -0.05) is 29.8 Å². The molecule has 0 aliphatic carbocycles. The number of benzene rings is 2. The quantitative estimate of drug-likeness (QED) is 0.816. The predicted octanol–water partition coefficient (Wildman–Crippen LogP) is 3.83. The zero-order chi connectivity index (χ0) is 15.8. The van der Waals surface area contributed by atoms with Crippen LogP contribution in [-0.4, -0.2) is 19.1 Å². The van der Waals surface area contributed by atoms with Gasteiger partial charge in [0.2, 0.25) is 5.91 Å². The molecular weight excluding hydrogens is 276 g/mol. The van der Waals surface area contributed by atoms with Gasteiger partial charge in [0, 0.05) is 18.7 Å². The van der Waals surface area contributed by atoms with Gasteiger partial charge in [0.15, 0.2) is 0 Å². The number of amides is 1. The van der Waals surface area contributed by atoms with Crippen molar-refractivity contribution in [3.8, 4) is 5.75 Å². The van der Waals surface area contributed by atoms with Crippen molar-refractivity contribution in [3.05, 3.63) is 54.1 Å². The molecule has 4 nitrogen and oxygen atoms in total. The van der Waals surface area contributed by atoms with E-state index in [-0.39, 0.29) is 5.91 Å². The van der Waals surface area contributed by atoms with Gasteiger partial charge < -0.3 is 15.4 Å². The van der Waals surface area contributed by atoms with Crippen molar-refractivity contribution in [2.24, 2.45) is 0 Å². The number of hydrogen-bond acceptors (Lipinski definition) is 3. The number of rotatable bonds is 7. The summed E-state index contributed by atoms with van der Waals surface area (Å²) in [6.07, 6.45) is 0.397. The number of carbonyl (C=O) groups is 1. The molecule has 0 aliphatic rings. The van der Waals surface area contributed by atoms with Crippen LogP contribution in [0.4, 0.5) is 11.4 Å². The maximum atomic E-state index is 12.0. The Morgan fingerprint density at radius 2 is 1.82 bits per heavy atom. The zero-order valence-corrected chi connectivity index (χ0v) is 13.1. The fourth-order valence-corrected chi connectivity index (χ4v) is 2.06. The van der Waals surface area contributed by atoms with Gasteiger partial charge in [-0.25, -0.2) is 0 Å². The maximum Gasteiger partial charge on any atom is 0.226 e. The van der Waals surface area contributed by atoms with Crippen LogP contribution in [0.1, 0.15) is 18.9 Å². The molecule has 2 rings (SSSR count). The number of anilines is 2. The fourth-order valence-electron chi connectivity index (χ4n) is 2.06. The second-order valence-electron chi connectivity index (χ2n) is 5.02. The molecule has 0 aromatic heterocycles. The van der Waals surface area contributed by atoms with Gasteiger partial charge in [-0.2, -0.15) is 0 Å². The highest BCUT2D eigenvalue weighted by Crippen LogP contribution is 2.23. The van der Waals surface area contributed by atoms with E-state index in [1.54, 1.807) is 0 Å². The number of ether oxygens (including phenoxy) is 1. The standard InChI is InChI=1S/C18H22N2O2/c1-3-22-17-7-5-4-6-16(17)20-18(21)12-13-19-15-10-8-14(2)9-11-15/h4-11,19H,3,12-13H2,1-2H3,(H,20,21). The summed E-state index contributed by atoms with van der Waals surface area (Å²) < 4.78 is 5.49. The minimum absolute atomic E-state index is 0.0354. The number of nitrogens with one attached hydrogen (secondary N) is 2. The molecule has 0 saturated carbocycles. The van der Waals surface area contributed by atoms with E-state index in [0.29, 0.717) is 31.0 Å². The first-order chi connectivity index (χ1) is 10.7. The summed E-state index contributed by atoms with van der Waals surface area (Å²) in [4.78, 5) is 12.0. The number of carbonyl (C=O) groups excluding carboxylic acids is 1. The molecule has 0 heterocycles. The van der Waals surface area contributed by atoms with Gasteiger partial charge in [0.25, 0.3) is 0 Å². The van der Waals surface area contributed by atoms with Crippen LogP contribution in [0.2, 0.25) is 0 Å². The number of hydrogen-bond donors (Lipinski definition) is 2. The highest BCUT2D eigenvalue weighted by atomic mass is 16.5. The molecule has 1 amide bonds. The van der Waals surface area contributed by atoms with E-state index in [9.17, 15) is 4.79 Å². The summed E-state index contributed by atoms with van der Waals surface area (Å²) in [5.74, 6) is 0.664. The van der Waals surface area contributed by atoms with E-state index < -0.39 is 0 Å². The molecule has 22 heavy (non-hydrogen) atoms. The second-order valence-corrected chi connectivity index (χ2v) is 5.02. The predicted molar refractivity (Wildman–Crippen MR) is 90.5 cm³/mol. The van der Waals surface area contributed by atoms with Gasteiger partial charge in [-0.3, -0.25) is 4.79 Å². The van der Waals surface area contributed by atoms with E-state index in [4.69, 9.17) is 4.74 Å². The Morgan fingerprint density at radius 3 is 2.55 bits per heavy atom. The second kappa shape index (κ2) is 8.08. The van der Waals surface area contributed by atoms with Crippen molar-refractivity contribution in [2.45, 2.75) is 20.3 Å². The summed E-state index contributed by atoms with van der Waals surface area (Å²) in [5.41, 5.74) is 2.95. The van der Waals surface area contributed by atoms with Crippen LogP contribution in [0.15, 0.2) is 48.5 Å². The maximum absolute atomic E-state index is 12.0. The molecule has 0 atom stereocenters. The fraction of sp³-hybridized carbons (Fsp3) is 0.278. The Morgan fingerprint density at radius 1 is 1.09 bits per heavy atom. The van der Waals surface area contributed by atoms with Gasteiger partial charge in [-0.15, -0.1) is 0 Å². The average molecular weight is 298 g/mol. The lowest BCUT2D eigenvalue weighted by molar-refractivity contribution is -0.116. The van der Waals surface area contributed by atoms with Crippen LogP contribution in [-0.2, 0) is 4.79 Å². The van der Waals surface area contributed by atoms with Crippen LogP contribution in [0.5, 0.6) is 5.75 Å². The largest absolute Gasteiger partial charge is 0.492 e. The van der Waals surface area contributed by atoms with Gasteiger partial charge in [-0.05, 0) is 38.1 Å². The molecule has 0 unspecified atom stereocenters. The average Bonchev–Trinajstić information content (AvgIpc) is 2.51. The third-order valence-corrected chi connectivity index (χ3v) is 3.19. The van der Waals surface area contributed by atoms with Crippen LogP contribution in [0, 0.1) is 6.92 Å². The molecule has 0 saturated heterocycles. The van der Waals surface area contributed by atoms with Crippen LogP contribution in [0.3, 0.4) is 0 Å². The molecule has 4 heteroatoms. The summed E-state index contributed by atoms with van der Waals surface area (Å²) in [6.45, 7) is 5.13. The SMILES string of the molecule is CCOc1ccccc1NC(=O)CCNc1ccc(C)cc1. The number of para-hydroxylation sites is 2. The van der Waals surface area contributed by atoms with E-state index >= 15 is 0 Å². The number of aryl methyl sites for hydroxylation is 1. The third kappa shape index (κ3) is 4.81. The lowest BCUT2D eigenvalue weighted by atomic mass is 10.2. The zero-order valence-electron chi connectivity index (χ0n) is 13.1. The van der Waals surface area contributed by atoms with E-state index in [0.717, 1.165) is 5.69 Å². The molecule has 2 aromatic carbocycles. The first-order valence-electron chi connectivity index (χ1n) is 7.51.